The first-order valence-electron chi connectivity index (χ1n) is 8.39. The topological polar surface area (TPSA) is 57.0 Å². The molecular formula is C19H15ClFN3O2S. The first-order valence-corrected chi connectivity index (χ1v) is 9.58. The monoisotopic (exact) mass is 403 g/mol. The van der Waals surface area contributed by atoms with Crippen LogP contribution in [-0.4, -0.2) is 27.3 Å². The molecular weight excluding hydrogens is 389 g/mol. The highest BCUT2D eigenvalue weighted by molar-refractivity contribution is 7.18. The van der Waals surface area contributed by atoms with E-state index in [2.05, 4.69) is 10.1 Å². The number of rotatable bonds is 5. The molecule has 0 N–H and O–H groups in total. The van der Waals surface area contributed by atoms with Crippen molar-refractivity contribution in [3.63, 3.8) is 0 Å². The van der Waals surface area contributed by atoms with E-state index in [-0.39, 0.29) is 18.2 Å². The van der Waals surface area contributed by atoms with Gasteiger partial charge in [-0.25, -0.2) is 9.37 Å². The number of ether oxygens (including phenoxy) is 1. The summed E-state index contributed by atoms with van der Waals surface area (Å²) in [6.07, 6.45) is 0.0722. The number of esters is 1. The van der Waals surface area contributed by atoms with Crippen molar-refractivity contribution >= 4 is 50.0 Å². The van der Waals surface area contributed by atoms with Gasteiger partial charge >= 0.3 is 5.97 Å². The molecule has 0 amide bonds. The van der Waals surface area contributed by atoms with Crippen LogP contribution in [0, 0.1) is 5.82 Å². The van der Waals surface area contributed by atoms with Crippen molar-refractivity contribution in [3.05, 3.63) is 57.9 Å². The van der Waals surface area contributed by atoms with E-state index in [4.69, 9.17) is 16.3 Å². The van der Waals surface area contributed by atoms with Gasteiger partial charge in [-0.05, 0) is 37.3 Å². The van der Waals surface area contributed by atoms with Crippen LogP contribution in [0.5, 0.6) is 0 Å². The van der Waals surface area contributed by atoms with Gasteiger partial charge in [-0.15, -0.1) is 11.3 Å². The molecule has 2 heterocycles. The SMILES string of the molecule is CCOC(=O)Cc1nn(Cc2nc3cc(F)ccc3s2)c2ccc(Cl)cc12. The zero-order valence-electron chi connectivity index (χ0n) is 14.4. The molecule has 8 heteroatoms. The molecule has 27 heavy (non-hydrogen) atoms. The lowest BCUT2D eigenvalue weighted by molar-refractivity contribution is -0.142. The molecule has 0 atom stereocenters. The summed E-state index contributed by atoms with van der Waals surface area (Å²) >= 11 is 7.61. The number of carbonyl (C=O) groups excluding carboxylic acids is 1. The number of nitrogens with zero attached hydrogens (tertiary/aromatic N) is 3. The Labute approximate surface area is 163 Å². The Bertz CT molecular complexity index is 1150. The van der Waals surface area contributed by atoms with Crippen molar-refractivity contribution in [2.75, 3.05) is 6.61 Å². The van der Waals surface area contributed by atoms with Crippen LogP contribution in [0.25, 0.3) is 21.1 Å². The maximum Gasteiger partial charge on any atom is 0.311 e. The van der Waals surface area contributed by atoms with E-state index in [0.717, 1.165) is 20.6 Å². The van der Waals surface area contributed by atoms with Crippen molar-refractivity contribution in [1.29, 1.82) is 0 Å². The van der Waals surface area contributed by atoms with Crippen molar-refractivity contribution in [1.82, 2.24) is 14.8 Å². The fraction of sp³-hybridized carbons (Fsp3) is 0.211. The zero-order valence-corrected chi connectivity index (χ0v) is 16.0. The molecule has 2 aromatic carbocycles. The second kappa shape index (κ2) is 7.25. The van der Waals surface area contributed by atoms with Gasteiger partial charge in [0, 0.05) is 16.5 Å². The fourth-order valence-electron chi connectivity index (χ4n) is 2.96. The standard InChI is InChI=1S/C19H15ClFN3O2S/c1-2-26-19(25)9-14-13-7-11(20)3-5-16(13)24(23-14)10-18-22-15-8-12(21)4-6-17(15)27-18/h3-8H,2,9-10H2,1H3. The van der Waals surface area contributed by atoms with Gasteiger partial charge in [0.15, 0.2) is 0 Å². The average Bonchev–Trinajstić information content (AvgIpc) is 3.16. The van der Waals surface area contributed by atoms with E-state index in [0.29, 0.717) is 29.4 Å². The van der Waals surface area contributed by atoms with Gasteiger partial charge in [0.2, 0.25) is 0 Å². The third-order valence-corrected chi connectivity index (χ3v) is 5.34. The van der Waals surface area contributed by atoms with Crippen LogP contribution >= 0.6 is 22.9 Å². The molecule has 5 nitrogen and oxygen atoms in total. The Balaban J connectivity index is 1.72. The summed E-state index contributed by atoms with van der Waals surface area (Å²) in [4.78, 5) is 16.4. The highest BCUT2D eigenvalue weighted by Gasteiger charge is 2.16. The molecule has 138 valence electrons. The van der Waals surface area contributed by atoms with E-state index in [9.17, 15) is 9.18 Å². The lowest BCUT2D eigenvalue weighted by Gasteiger charge is -2.00. The highest BCUT2D eigenvalue weighted by Crippen LogP contribution is 2.27. The minimum absolute atomic E-state index is 0.0722. The molecule has 0 aliphatic rings. The van der Waals surface area contributed by atoms with E-state index < -0.39 is 0 Å². The summed E-state index contributed by atoms with van der Waals surface area (Å²) in [6.45, 7) is 2.50. The number of thiazole rings is 1. The van der Waals surface area contributed by atoms with Gasteiger partial charge in [-0.1, -0.05) is 11.6 Å². The van der Waals surface area contributed by atoms with Gasteiger partial charge < -0.3 is 4.74 Å². The molecule has 0 unspecified atom stereocenters. The van der Waals surface area contributed by atoms with Crippen molar-refractivity contribution in [2.45, 2.75) is 19.9 Å². The van der Waals surface area contributed by atoms with Crippen molar-refractivity contribution in [2.24, 2.45) is 0 Å². The Morgan fingerprint density at radius 1 is 1.30 bits per heavy atom. The third kappa shape index (κ3) is 3.65. The average molecular weight is 404 g/mol. The first-order chi connectivity index (χ1) is 13.0. The second-order valence-electron chi connectivity index (χ2n) is 5.97. The maximum absolute atomic E-state index is 13.4. The van der Waals surface area contributed by atoms with Crippen molar-refractivity contribution in [3.8, 4) is 0 Å². The summed E-state index contributed by atoms with van der Waals surface area (Å²) in [5.74, 6) is -0.644. The minimum Gasteiger partial charge on any atom is -0.466 e. The number of halogens is 2. The van der Waals surface area contributed by atoms with Crippen LogP contribution < -0.4 is 0 Å². The quantitative estimate of drug-likeness (QED) is 0.457. The van der Waals surface area contributed by atoms with Gasteiger partial charge in [0.05, 0.1) is 41.0 Å². The Morgan fingerprint density at radius 3 is 2.96 bits per heavy atom. The smallest absolute Gasteiger partial charge is 0.311 e. The highest BCUT2D eigenvalue weighted by atomic mass is 35.5. The predicted molar refractivity (Wildman–Crippen MR) is 104 cm³/mol. The van der Waals surface area contributed by atoms with Crippen LogP contribution in [0.3, 0.4) is 0 Å². The summed E-state index contributed by atoms with van der Waals surface area (Å²) in [5, 5.41) is 6.77. The van der Waals surface area contributed by atoms with Crippen LogP contribution in [0.2, 0.25) is 5.02 Å². The van der Waals surface area contributed by atoms with Crippen LogP contribution in [0.4, 0.5) is 4.39 Å². The lowest BCUT2D eigenvalue weighted by atomic mass is 10.1. The van der Waals surface area contributed by atoms with E-state index in [1.54, 1.807) is 29.8 Å². The largest absolute Gasteiger partial charge is 0.466 e. The number of aromatic nitrogens is 3. The number of benzene rings is 2. The molecule has 0 bridgehead atoms. The Kier molecular flexibility index (Phi) is 4.80. The Morgan fingerprint density at radius 2 is 2.15 bits per heavy atom. The maximum atomic E-state index is 13.4. The molecule has 0 radical (unpaired) electrons. The third-order valence-electron chi connectivity index (χ3n) is 4.09. The zero-order chi connectivity index (χ0) is 19.0. The normalized spacial score (nSPS) is 11.4. The van der Waals surface area contributed by atoms with Crippen LogP contribution in [0.1, 0.15) is 17.6 Å². The van der Waals surface area contributed by atoms with Crippen LogP contribution in [0.15, 0.2) is 36.4 Å². The van der Waals surface area contributed by atoms with Gasteiger partial charge in [0.1, 0.15) is 10.8 Å². The fourth-order valence-corrected chi connectivity index (χ4v) is 4.06. The minimum atomic E-state index is -0.334. The number of hydrogen-bond acceptors (Lipinski definition) is 5. The molecule has 0 saturated carbocycles. The van der Waals surface area contributed by atoms with E-state index in [1.807, 2.05) is 6.07 Å². The summed E-state index contributed by atoms with van der Waals surface area (Å²) in [6, 6.07) is 10.0. The van der Waals surface area contributed by atoms with Crippen molar-refractivity contribution < 1.29 is 13.9 Å². The lowest BCUT2D eigenvalue weighted by Crippen LogP contribution is -2.09. The molecule has 2 aromatic heterocycles. The predicted octanol–water partition coefficient (Wildman–Crippen LogP) is 4.59. The molecule has 4 aromatic rings. The molecule has 0 saturated heterocycles. The van der Waals surface area contributed by atoms with E-state index in [1.165, 1.54) is 23.5 Å². The molecule has 0 aliphatic carbocycles. The van der Waals surface area contributed by atoms with Gasteiger partial charge in [0.25, 0.3) is 0 Å². The summed E-state index contributed by atoms with van der Waals surface area (Å²) in [5.41, 5.74) is 2.09. The number of hydrogen-bond donors (Lipinski definition) is 0. The summed E-state index contributed by atoms with van der Waals surface area (Å²) < 4.78 is 21.1. The molecule has 0 spiro atoms. The molecule has 0 aliphatic heterocycles. The van der Waals surface area contributed by atoms with Gasteiger partial charge in [-0.2, -0.15) is 5.10 Å². The molecule has 4 rings (SSSR count). The van der Waals surface area contributed by atoms with Crippen LogP contribution in [-0.2, 0) is 22.5 Å². The van der Waals surface area contributed by atoms with E-state index >= 15 is 0 Å². The van der Waals surface area contributed by atoms with Gasteiger partial charge in [-0.3, -0.25) is 9.48 Å². The first kappa shape index (κ1) is 17.9. The number of carbonyl (C=O) groups is 1. The molecule has 0 fully saturated rings. The number of fused-ring (bicyclic) bond motifs is 2. The Hall–Kier alpha value is -2.51. The second-order valence-corrected chi connectivity index (χ2v) is 7.52. The summed E-state index contributed by atoms with van der Waals surface area (Å²) in [7, 11) is 0.